The van der Waals surface area contributed by atoms with Crippen molar-refractivity contribution >= 4 is 11.7 Å². The van der Waals surface area contributed by atoms with E-state index in [-0.39, 0.29) is 17.6 Å². The summed E-state index contributed by atoms with van der Waals surface area (Å²) in [4.78, 5) is 16.9. The Hall–Kier alpha value is -1.99. The van der Waals surface area contributed by atoms with Gasteiger partial charge in [-0.15, -0.1) is 13.2 Å². The zero-order valence-electron chi connectivity index (χ0n) is 10.6. The molecule has 1 amide bonds. The van der Waals surface area contributed by atoms with Crippen LogP contribution in [0.15, 0.2) is 18.3 Å². The summed E-state index contributed by atoms with van der Waals surface area (Å²) in [6, 6.07) is 2.68. The number of hydrogen-bond donors (Lipinski definition) is 1. The topological polar surface area (TPSA) is 68.5 Å². The minimum atomic E-state index is -4.72. The molecular weight excluding hydrogens is 275 g/mol. The molecule has 1 aromatic rings. The van der Waals surface area contributed by atoms with Crippen molar-refractivity contribution in [2.24, 2.45) is 11.7 Å². The van der Waals surface area contributed by atoms with Crippen LogP contribution in [0.1, 0.15) is 12.8 Å². The number of piperidine rings is 1. The smallest absolute Gasteiger partial charge is 0.404 e. The Morgan fingerprint density at radius 2 is 2.00 bits per heavy atom. The van der Waals surface area contributed by atoms with E-state index in [9.17, 15) is 18.0 Å². The zero-order valence-corrected chi connectivity index (χ0v) is 10.6. The normalized spacial score (nSPS) is 17.1. The summed E-state index contributed by atoms with van der Waals surface area (Å²) in [5, 5.41) is 0. The second-order valence-corrected chi connectivity index (χ2v) is 4.56. The van der Waals surface area contributed by atoms with Gasteiger partial charge >= 0.3 is 6.36 Å². The van der Waals surface area contributed by atoms with Gasteiger partial charge in [-0.2, -0.15) is 0 Å². The number of anilines is 1. The van der Waals surface area contributed by atoms with Crippen molar-refractivity contribution in [3.8, 4) is 5.75 Å². The van der Waals surface area contributed by atoms with Gasteiger partial charge in [0.15, 0.2) is 0 Å². The first-order chi connectivity index (χ1) is 9.35. The van der Waals surface area contributed by atoms with Gasteiger partial charge in [-0.05, 0) is 25.0 Å². The third kappa shape index (κ3) is 3.75. The van der Waals surface area contributed by atoms with Crippen LogP contribution in [0.3, 0.4) is 0 Å². The number of rotatable bonds is 3. The molecule has 0 radical (unpaired) electrons. The maximum Gasteiger partial charge on any atom is 0.573 e. The first-order valence-corrected chi connectivity index (χ1v) is 6.11. The van der Waals surface area contributed by atoms with Crippen molar-refractivity contribution in [3.63, 3.8) is 0 Å². The van der Waals surface area contributed by atoms with Crippen LogP contribution >= 0.6 is 0 Å². The molecule has 8 heteroatoms. The number of amides is 1. The molecule has 2 rings (SSSR count). The lowest BCUT2D eigenvalue weighted by Gasteiger charge is -2.31. The minimum Gasteiger partial charge on any atom is -0.404 e. The number of carbonyl (C=O) groups excluding carboxylic acids is 1. The van der Waals surface area contributed by atoms with Gasteiger partial charge < -0.3 is 15.4 Å². The van der Waals surface area contributed by atoms with Crippen LogP contribution in [0.5, 0.6) is 5.75 Å². The molecule has 1 fully saturated rings. The summed E-state index contributed by atoms with van der Waals surface area (Å²) in [7, 11) is 0. The summed E-state index contributed by atoms with van der Waals surface area (Å²) in [6.07, 6.45) is -2.44. The molecular formula is C12H14F3N3O2. The van der Waals surface area contributed by atoms with Gasteiger partial charge in [0.05, 0.1) is 6.20 Å². The molecule has 0 bridgehead atoms. The number of ether oxygens (including phenoxy) is 1. The largest absolute Gasteiger partial charge is 0.573 e. The lowest BCUT2D eigenvalue weighted by atomic mass is 9.96. The number of nitrogens with zero attached hydrogens (tertiary/aromatic N) is 2. The molecule has 0 saturated carbocycles. The molecule has 2 heterocycles. The molecule has 5 nitrogen and oxygen atoms in total. The van der Waals surface area contributed by atoms with Gasteiger partial charge in [-0.3, -0.25) is 4.79 Å². The molecule has 110 valence electrons. The van der Waals surface area contributed by atoms with Gasteiger partial charge in [0.2, 0.25) is 5.91 Å². The lowest BCUT2D eigenvalue weighted by Crippen LogP contribution is -2.38. The second-order valence-electron chi connectivity index (χ2n) is 4.56. The van der Waals surface area contributed by atoms with Crippen molar-refractivity contribution in [2.45, 2.75) is 19.2 Å². The number of nitrogens with two attached hydrogens (primary N) is 1. The number of halogens is 3. The summed E-state index contributed by atoms with van der Waals surface area (Å²) in [5.41, 5.74) is 5.23. The summed E-state index contributed by atoms with van der Waals surface area (Å²) in [6.45, 7) is 1.19. The standard InChI is InChI=1S/C12H14F3N3O2/c13-12(14,15)20-9-1-2-10(17-7-9)18-5-3-8(4-6-18)11(16)19/h1-2,7-8H,3-6H2,(H2,16,19). The van der Waals surface area contributed by atoms with E-state index >= 15 is 0 Å². The van der Waals surface area contributed by atoms with Gasteiger partial charge in [0.1, 0.15) is 11.6 Å². The zero-order chi connectivity index (χ0) is 14.8. The van der Waals surface area contributed by atoms with E-state index in [2.05, 4.69) is 9.72 Å². The van der Waals surface area contributed by atoms with E-state index in [0.29, 0.717) is 31.7 Å². The van der Waals surface area contributed by atoms with Gasteiger partial charge in [-0.1, -0.05) is 0 Å². The van der Waals surface area contributed by atoms with Crippen molar-refractivity contribution in [1.29, 1.82) is 0 Å². The molecule has 1 saturated heterocycles. The number of aromatic nitrogens is 1. The highest BCUT2D eigenvalue weighted by Crippen LogP contribution is 2.25. The van der Waals surface area contributed by atoms with Crippen molar-refractivity contribution < 1.29 is 22.7 Å². The third-order valence-electron chi connectivity index (χ3n) is 3.18. The van der Waals surface area contributed by atoms with Crippen molar-refractivity contribution in [2.75, 3.05) is 18.0 Å². The predicted octanol–water partition coefficient (Wildman–Crippen LogP) is 1.68. The highest BCUT2D eigenvalue weighted by Gasteiger charge is 2.31. The maximum absolute atomic E-state index is 12.0. The highest BCUT2D eigenvalue weighted by atomic mass is 19.4. The number of alkyl halides is 3. The fourth-order valence-electron chi connectivity index (χ4n) is 2.15. The average Bonchev–Trinajstić information content (AvgIpc) is 2.38. The van der Waals surface area contributed by atoms with E-state index in [4.69, 9.17) is 5.73 Å². The summed E-state index contributed by atoms with van der Waals surface area (Å²) >= 11 is 0. The number of pyridine rings is 1. The third-order valence-corrected chi connectivity index (χ3v) is 3.18. The molecule has 0 aromatic carbocycles. The molecule has 0 spiro atoms. The van der Waals surface area contributed by atoms with Crippen molar-refractivity contribution in [1.82, 2.24) is 4.98 Å². The van der Waals surface area contributed by atoms with Gasteiger partial charge in [-0.25, -0.2) is 4.98 Å². The van der Waals surface area contributed by atoms with Crippen molar-refractivity contribution in [3.05, 3.63) is 18.3 Å². The predicted molar refractivity (Wildman–Crippen MR) is 65.1 cm³/mol. The Kier molecular flexibility index (Phi) is 4.01. The molecule has 1 aliphatic heterocycles. The van der Waals surface area contributed by atoms with Crippen LogP contribution in [-0.2, 0) is 4.79 Å². The van der Waals surface area contributed by atoms with E-state index in [1.165, 1.54) is 12.1 Å². The molecule has 0 aliphatic carbocycles. The Labute approximate surface area is 113 Å². The van der Waals surface area contributed by atoms with E-state index in [0.717, 1.165) is 6.20 Å². The molecule has 20 heavy (non-hydrogen) atoms. The molecule has 2 N–H and O–H groups in total. The van der Waals surface area contributed by atoms with E-state index in [1.54, 1.807) is 0 Å². The first kappa shape index (κ1) is 14.4. The Morgan fingerprint density at radius 1 is 1.35 bits per heavy atom. The van der Waals surface area contributed by atoms with E-state index in [1.807, 2.05) is 4.90 Å². The Morgan fingerprint density at radius 3 is 2.45 bits per heavy atom. The Balaban J connectivity index is 1.96. The fraction of sp³-hybridized carbons (Fsp3) is 0.500. The molecule has 1 aromatic heterocycles. The fourth-order valence-corrected chi connectivity index (χ4v) is 2.15. The number of carbonyl (C=O) groups is 1. The quantitative estimate of drug-likeness (QED) is 0.919. The highest BCUT2D eigenvalue weighted by molar-refractivity contribution is 5.76. The Bertz CT molecular complexity index is 468. The molecule has 0 atom stereocenters. The minimum absolute atomic E-state index is 0.140. The molecule has 0 unspecified atom stereocenters. The first-order valence-electron chi connectivity index (χ1n) is 6.11. The van der Waals surface area contributed by atoms with Crippen LogP contribution in [-0.4, -0.2) is 30.3 Å². The second kappa shape index (κ2) is 5.56. The maximum atomic E-state index is 12.0. The number of hydrogen-bond acceptors (Lipinski definition) is 4. The van der Waals surface area contributed by atoms with Gasteiger partial charge in [0.25, 0.3) is 0 Å². The van der Waals surface area contributed by atoms with Crippen LogP contribution in [0.25, 0.3) is 0 Å². The van der Waals surface area contributed by atoms with Crippen LogP contribution < -0.4 is 15.4 Å². The van der Waals surface area contributed by atoms with Crippen LogP contribution in [0, 0.1) is 5.92 Å². The van der Waals surface area contributed by atoms with E-state index < -0.39 is 6.36 Å². The SMILES string of the molecule is NC(=O)C1CCN(c2ccc(OC(F)(F)F)cn2)CC1. The van der Waals surface area contributed by atoms with Crippen LogP contribution in [0.4, 0.5) is 19.0 Å². The summed E-state index contributed by atoms with van der Waals surface area (Å²) in [5.74, 6) is -0.249. The lowest BCUT2D eigenvalue weighted by molar-refractivity contribution is -0.274. The summed E-state index contributed by atoms with van der Waals surface area (Å²) < 4.78 is 39.8. The number of primary amides is 1. The van der Waals surface area contributed by atoms with Crippen LogP contribution in [0.2, 0.25) is 0 Å². The average molecular weight is 289 g/mol. The monoisotopic (exact) mass is 289 g/mol. The molecule has 1 aliphatic rings. The van der Waals surface area contributed by atoms with Gasteiger partial charge in [0, 0.05) is 19.0 Å².